The molecule has 0 fully saturated rings. The molecule has 88 valence electrons. The lowest BCUT2D eigenvalue weighted by Crippen LogP contribution is -2.11. The lowest BCUT2D eigenvalue weighted by atomic mass is 10.2. The zero-order valence-corrected chi connectivity index (χ0v) is 9.66. The second-order valence-corrected chi connectivity index (χ2v) is 3.96. The Morgan fingerprint density at radius 3 is 2.41 bits per heavy atom. The van der Waals surface area contributed by atoms with E-state index in [2.05, 4.69) is 5.32 Å². The molecule has 4 heteroatoms. The number of hydrogen-bond acceptors (Lipinski definition) is 2. The van der Waals surface area contributed by atoms with Gasteiger partial charge < -0.3 is 10.4 Å². The molecule has 0 aliphatic heterocycles. The fourth-order valence-corrected chi connectivity index (χ4v) is 1.71. The third-order valence-corrected chi connectivity index (χ3v) is 2.67. The highest BCUT2D eigenvalue weighted by Crippen LogP contribution is 2.27. The van der Waals surface area contributed by atoms with Crippen LogP contribution in [0.2, 0.25) is 5.02 Å². The average Bonchev–Trinajstić information content (AvgIpc) is 2.35. The number of rotatable bonds is 3. The van der Waals surface area contributed by atoms with Crippen LogP contribution in [-0.4, -0.2) is 5.11 Å². The van der Waals surface area contributed by atoms with E-state index in [1.165, 1.54) is 12.1 Å². The number of anilines is 1. The molecular weight excluding hydrogens is 241 g/mol. The highest BCUT2D eigenvalue weighted by Gasteiger charge is 2.12. The van der Waals surface area contributed by atoms with Crippen molar-refractivity contribution in [2.24, 2.45) is 0 Å². The molecule has 2 aromatic carbocycles. The van der Waals surface area contributed by atoms with Gasteiger partial charge >= 0.3 is 0 Å². The van der Waals surface area contributed by atoms with E-state index >= 15 is 0 Å². The van der Waals surface area contributed by atoms with Crippen molar-refractivity contribution in [1.82, 2.24) is 0 Å². The first kappa shape index (κ1) is 11.9. The van der Waals surface area contributed by atoms with E-state index in [-0.39, 0.29) is 10.7 Å². The molecule has 0 saturated heterocycles. The summed E-state index contributed by atoms with van der Waals surface area (Å²) >= 11 is 5.85. The van der Waals surface area contributed by atoms with Gasteiger partial charge in [0.15, 0.2) is 6.23 Å². The van der Waals surface area contributed by atoms with E-state index in [0.29, 0.717) is 5.56 Å². The summed E-state index contributed by atoms with van der Waals surface area (Å²) in [5.74, 6) is -0.493. The lowest BCUT2D eigenvalue weighted by molar-refractivity contribution is 0.207. The Labute approximate surface area is 104 Å². The standard InChI is InChI=1S/C13H11ClFNO/c14-10-7-4-8-11(15)12(10)16-13(17)9-5-2-1-3-6-9/h1-8,13,16-17H. The largest absolute Gasteiger partial charge is 0.369 e. The van der Waals surface area contributed by atoms with Gasteiger partial charge in [0.1, 0.15) is 5.82 Å². The van der Waals surface area contributed by atoms with Crippen LogP contribution in [0.4, 0.5) is 10.1 Å². The van der Waals surface area contributed by atoms with Crippen molar-refractivity contribution in [3.8, 4) is 0 Å². The van der Waals surface area contributed by atoms with Gasteiger partial charge in [-0.15, -0.1) is 0 Å². The molecule has 0 radical (unpaired) electrons. The fraction of sp³-hybridized carbons (Fsp3) is 0.0769. The maximum absolute atomic E-state index is 13.5. The molecule has 0 amide bonds. The Morgan fingerprint density at radius 2 is 1.76 bits per heavy atom. The second kappa shape index (κ2) is 5.17. The first-order valence-corrected chi connectivity index (χ1v) is 5.50. The quantitative estimate of drug-likeness (QED) is 0.818. The third kappa shape index (κ3) is 2.75. The Morgan fingerprint density at radius 1 is 1.06 bits per heavy atom. The van der Waals surface area contributed by atoms with Gasteiger partial charge in [-0.25, -0.2) is 4.39 Å². The highest BCUT2D eigenvalue weighted by molar-refractivity contribution is 6.33. The molecule has 0 aliphatic carbocycles. The van der Waals surface area contributed by atoms with E-state index < -0.39 is 12.0 Å². The predicted octanol–water partition coefficient (Wildman–Crippen LogP) is 3.58. The van der Waals surface area contributed by atoms with Crippen LogP contribution in [-0.2, 0) is 0 Å². The van der Waals surface area contributed by atoms with Crippen LogP contribution in [0.5, 0.6) is 0 Å². The Hall–Kier alpha value is -1.58. The molecule has 2 N–H and O–H groups in total. The molecule has 0 spiro atoms. The number of benzene rings is 2. The zero-order chi connectivity index (χ0) is 12.3. The molecular formula is C13H11ClFNO. The van der Waals surface area contributed by atoms with Crippen molar-refractivity contribution >= 4 is 17.3 Å². The van der Waals surface area contributed by atoms with Crippen molar-refractivity contribution < 1.29 is 9.50 Å². The van der Waals surface area contributed by atoms with Crippen molar-refractivity contribution in [2.75, 3.05) is 5.32 Å². The molecule has 0 aromatic heterocycles. The predicted molar refractivity (Wildman–Crippen MR) is 66.4 cm³/mol. The number of halogens is 2. The summed E-state index contributed by atoms with van der Waals surface area (Å²) in [5, 5.41) is 12.8. The zero-order valence-electron chi connectivity index (χ0n) is 8.90. The molecule has 0 saturated carbocycles. The molecule has 1 unspecified atom stereocenters. The molecule has 2 nitrogen and oxygen atoms in total. The maximum Gasteiger partial charge on any atom is 0.150 e. The second-order valence-electron chi connectivity index (χ2n) is 3.55. The summed E-state index contributed by atoms with van der Waals surface area (Å²) < 4.78 is 13.5. The minimum atomic E-state index is -0.995. The van der Waals surface area contributed by atoms with Gasteiger partial charge in [0.05, 0.1) is 10.7 Å². The summed E-state index contributed by atoms with van der Waals surface area (Å²) in [6, 6.07) is 13.3. The number of aliphatic hydroxyl groups is 1. The lowest BCUT2D eigenvalue weighted by Gasteiger charge is -2.16. The van der Waals surface area contributed by atoms with Crippen LogP contribution in [0.15, 0.2) is 48.5 Å². The first-order chi connectivity index (χ1) is 8.18. The topological polar surface area (TPSA) is 32.3 Å². The van der Waals surface area contributed by atoms with Gasteiger partial charge in [-0.3, -0.25) is 0 Å². The van der Waals surface area contributed by atoms with Gasteiger partial charge in [-0.05, 0) is 12.1 Å². The van der Waals surface area contributed by atoms with Crippen LogP contribution >= 0.6 is 11.6 Å². The summed E-state index contributed by atoms with van der Waals surface area (Å²) in [7, 11) is 0. The SMILES string of the molecule is OC(Nc1c(F)cccc1Cl)c1ccccc1. The summed E-state index contributed by atoms with van der Waals surface area (Å²) in [5.41, 5.74) is 0.748. The van der Waals surface area contributed by atoms with Crippen LogP contribution in [0.1, 0.15) is 11.8 Å². The van der Waals surface area contributed by atoms with Gasteiger partial charge in [0.25, 0.3) is 0 Å². The molecule has 2 rings (SSSR count). The molecule has 17 heavy (non-hydrogen) atoms. The minimum absolute atomic E-state index is 0.102. The van der Waals surface area contributed by atoms with E-state index in [9.17, 15) is 9.50 Å². The van der Waals surface area contributed by atoms with Crippen molar-refractivity contribution in [3.05, 3.63) is 64.9 Å². The fourth-order valence-electron chi connectivity index (χ4n) is 1.49. The van der Waals surface area contributed by atoms with Crippen molar-refractivity contribution in [2.45, 2.75) is 6.23 Å². The van der Waals surface area contributed by atoms with Gasteiger partial charge in [-0.1, -0.05) is 48.0 Å². The highest BCUT2D eigenvalue weighted by atomic mass is 35.5. The van der Waals surface area contributed by atoms with E-state index in [1.807, 2.05) is 6.07 Å². The minimum Gasteiger partial charge on any atom is -0.369 e. The summed E-state index contributed by atoms with van der Waals surface area (Å²) in [6.07, 6.45) is -0.995. The Kier molecular flexibility index (Phi) is 3.61. The van der Waals surface area contributed by atoms with Gasteiger partial charge in [0.2, 0.25) is 0 Å². The number of hydrogen-bond donors (Lipinski definition) is 2. The smallest absolute Gasteiger partial charge is 0.150 e. The molecule has 1 atom stereocenters. The summed E-state index contributed by atoms with van der Waals surface area (Å²) in [6.45, 7) is 0. The van der Waals surface area contributed by atoms with Crippen molar-refractivity contribution in [3.63, 3.8) is 0 Å². The molecule has 0 heterocycles. The maximum atomic E-state index is 13.5. The Balaban J connectivity index is 2.22. The van der Waals surface area contributed by atoms with E-state index in [4.69, 9.17) is 11.6 Å². The van der Waals surface area contributed by atoms with Crippen LogP contribution < -0.4 is 5.32 Å². The molecule has 2 aromatic rings. The third-order valence-electron chi connectivity index (χ3n) is 2.36. The van der Waals surface area contributed by atoms with Crippen molar-refractivity contribution in [1.29, 1.82) is 0 Å². The number of para-hydroxylation sites is 1. The monoisotopic (exact) mass is 251 g/mol. The van der Waals surface area contributed by atoms with Crippen LogP contribution in [0, 0.1) is 5.82 Å². The Bertz CT molecular complexity index is 484. The number of nitrogens with one attached hydrogen (secondary N) is 1. The summed E-state index contributed by atoms with van der Waals surface area (Å²) in [4.78, 5) is 0. The number of aliphatic hydroxyl groups excluding tert-OH is 1. The average molecular weight is 252 g/mol. The van der Waals surface area contributed by atoms with E-state index in [0.717, 1.165) is 0 Å². The van der Waals surface area contributed by atoms with Gasteiger partial charge in [-0.2, -0.15) is 0 Å². The normalized spacial score (nSPS) is 12.2. The van der Waals surface area contributed by atoms with Gasteiger partial charge in [0, 0.05) is 5.56 Å². The van der Waals surface area contributed by atoms with E-state index in [1.54, 1.807) is 30.3 Å². The molecule has 0 aliphatic rings. The van der Waals surface area contributed by atoms with Crippen LogP contribution in [0.25, 0.3) is 0 Å². The molecule has 0 bridgehead atoms. The van der Waals surface area contributed by atoms with Crippen LogP contribution in [0.3, 0.4) is 0 Å². The first-order valence-electron chi connectivity index (χ1n) is 5.12.